The molecule has 18 heavy (non-hydrogen) atoms. The second-order valence-electron chi connectivity index (χ2n) is 4.47. The Kier molecular flexibility index (Phi) is 2.71. The van der Waals surface area contributed by atoms with E-state index in [-0.39, 0.29) is 0 Å². The molecule has 3 rings (SSSR count). The van der Waals surface area contributed by atoms with E-state index in [0.717, 1.165) is 35.8 Å². The number of benzene rings is 2. The fraction of sp³-hybridized carbons (Fsp3) is 0.250. The molecule has 2 aromatic rings. The summed E-state index contributed by atoms with van der Waals surface area (Å²) >= 11 is 0. The van der Waals surface area contributed by atoms with E-state index in [0.29, 0.717) is 0 Å². The van der Waals surface area contributed by atoms with E-state index in [1.807, 2.05) is 24.3 Å². The Morgan fingerprint density at radius 3 is 1.50 bits per heavy atom. The van der Waals surface area contributed by atoms with Gasteiger partial charge in [0.2, 0.25) is 0 Å². The molecule has 0 spiro atoms. The number of aryl methyl sites for hydroxylation is 2. The summed E-state index contributed by atoms with van der Waals surface area (Å²) in [4.78, 5) is 0. The Labute approximate surface area is 107 Å². The van der Waals surface area contributed by atoms with Crippen molar-refractivity contribution in [1.82, 2.24) is 0 Å². The van der Waals surface area contributed by atoms with Crippen LogP contribution < -0.4 is 9.47 Å². The number of hydrogen-bond acceptors (Lipinski definition) is 2. The summed E-state index contributed by atoms with van der Waals surface area (Å²) in [5, 5.41) is 0. The molecule has 0 saturated carbocycles. The maximum absolute atomic E-state index is 5.89. The minimum absolute atomic E-state index is 0.799. The summed E-state index contributed by atoms with van der Waals surface area (Å²) in [6.07, 6.45) is 2.00. The third kappa shape index (κ3) is 1.84. The van der Waals surface area contributed by atoms with Crippen molar-refractivity contribution < 1.29 is 9.47 Å². The molecule has 2 nitrogen and oxygen atoms in total. The lowest BCUT2D eigenvalue weighted by atomic mass is 10.1. The van der Waals surface area contributed by atoms with Gasteiger partial charge in [-0.05, 0) is 48.2 Å². The van der Waals surface area contributed by atoms with Crippen molar-refractivity contribution in [3.05, 3.63) is 47.5 Å². The van der Waals surface area contributed by atoms with Crippen molar-refractivity contribution >= 4 is 0 Å². The predicted molar refractivity (Wildman–Crippen MR) is 71.8 cm³/mol. The van der Waals surface area contributed by atoms with Crippen LogP contribution in [0.2, 0.25) is 0 Å². The molecule has 1 heterocycles. The van der Waals surface area contributed by atoms with E-state index in [1.165, 1.54) is 11.1 Å². The van der Waals surface area contributed by atoms with Crippen molar-refractivity contribution in [2.75, 3.05) is 0 Å². The molecule has 0 amide bonds. The van der Waals surface area contributed by atoms with Crippen molar-refractivity contribution in [1.29, 1.82) is 0 Å². The third-order valence-corrected chi connectivity index (χ3v) is 3.27. The smallest absolute Gasteiger partial charge is 0.170 e. The van der Waals surface area contributed by atoms with Gasteiger partial charge in [-0.15, -0.1) is 0 Å². The Hall–Kier alpha value is -1.96. The zero-order valence-electron chi connectivity index (χ0n) is 10.7. The highest BCUT2D eigenvalue weighted by Crippen LogP contribution is 2.45. The first-order valence-corrected chi connectivity index (χ1v) is 6.41. The second-order valence-corrected chi connectivity index (χ2v) is 4.47. The fourth-order valence-electron chi connectivity index (χ4n) is 2.11. The van der Waals surface area contributed by atoms with Gasteiger partial charge in [-0.3, -0.25) is 0 Å². The monoisotopic (exact) mass is 240 g/mol. The molecule has 0 unspecified atom stereocenters. The van der Waals surface area contributed by atoms with Gasteiger partial charge in [0.05, 0.1) is 0 Å². The van der Waals surface area contributed by atoms with Crippen LogP contribution in [0.25, 0.3) is 0 Å². The summed E-state index contributed by atoms with van der Waals surface area (Å²) in [7, 11) is 0. The zero-order valence-corrected chi connectivity index (χ0v) is 10.7. The van der Waals surface area contributed by atoms with Gasteiger partial charge in [-0.2, -0.15) is 0 Å². The highest BCUT2D eigenvalue weighted by molar-refractivity contribution is 5.56. The minimum Gasteiger partial charge on any atom is -0.450 e. The van der Waals surface area contributed by atoms with Crippen molar-refractivity contribution in [2.24, 2.45) is 0 Å². The average molecular weight is 240 g/mol. The van der Waals surface area contributed by atoms with Gasteiger partial charge in [-0.25, -0.2) is 0 Å². The standard InChI is InChI=1S/C16H16O2/c1-3-11-5-7-13-15(9-11)17-14-8-6-12(4-2)10-16(14)18-13/h5-10H,3-4H2,1-2H3. The van der Waals surface area contributed by atoms with Crippen molar-refractivity contribution in [2.45, 2.75) is 26.7 Å². The highest BCUT2D eigenvalue weighted by Gasteiger charge is 2.18. The molecule has 2 aromatic carbocycles. The van der Waals surface area contributed by atoms with Gasteiger partial charge >= 0.3 is 0 Å². The van der Waals surface area contributed by atoms with Crippen LogP contribution in [0, 0.1) is 0 Å². The fourth-order valence-corrected chi connectivity index (χ4v) is 2.11. The molecule has 0 aromatic heterocycles. The SMILES string of the molecule is CCc1ccc2c(c1)Oc1ccc(CC)cc1O2. The van der Waals surface area contributed by atoms with Gasteiger partial charge in [-0.1, -0.05) is 26.0 Å². The Balaban J connectivity index is 2.00. The first-order chi connectivity index (χ1) is 8.80. The number of fused-ring (bicyclic) bond motifs is 2. The maximum Gasteiger partial charge on any atom is 0.170 e. The summed E-state index contributed by atoms with van der Waals surface area (Å²) in [5.74, 6) is 3.22. The summed E-state index contributed by atoms with van der Waals surface area (Å²) in [5.41, 5.74) is 2.51. The van der Waals surface area contributed by atoms with Crippen LogP contribution in [0.3, 0.4) is 0 Å². The van der Waals surface area contributed by atoms with Crippen LogP contribution in [0.15, 0.2) is 36.4 Å². The van der Waals surface area contributed by atoms with Crippen LogP contribution in [-0.2, 0) is 12.8 Å². The maximum atomic E-state index is 5.89. The zero-order chi connectivity index (χ0) is 12.5. The largest absolute Gasteiger partial charge is 0.450 e. The van der Waals surface area contributed by atoms with Gasteiger partial charge in [0.15, 0.2) is 23.0 Å². The molecule has 0 N–H and O–H groups in total. The van der Waals surface area contributed by atoms with E-state index < -0.39 is 0 Å². The van der Waals surface area contributed by atoms with Crippen molar-refractivity contribution in [3.63, 3.8) is 0 Å². The molecule has 0 radical (unpaired) electrons. The molecule has 92 valence electrons. The number of rotatable bonds is 2. The second kappa shape index (κ2) is 4.37. The van der Waals surface area contributed by atoms with Crippen LogP contribution >= 0.6 is 0 Å². The van der Waals surface area contributed by atoms with Gasteiger partial charge in [0, 0.05) is 0 Å². The summed E-state index contributed by atoms with van der Waals surface area (Å²) < 4.78 is 11.8. The lowest BCUT2D eigenvalue weighted by molar-refractivity contribution is 0.359. The molecule has 0 fully saturated rings. The predicted octanol–water partition coefficient (Wildman–Crippen LogP) is 4.71. The van der Waals surface area contributed by atoms with Gasteiger partial charge < -0.3 is 9.47 Å². The lowest BCUT2D eigenvalue weighted by Crippen LogP contribution is -2.00. The molecular weight excluding hydrogens is 224 g/mol. The van der Waals surface area contributed by atoms with E-state index in [2.05, 4.69) is 26.0 Å². The Morgan fingerprint density at radius 1 is 0.667 bits per heavy atom. The average Bonchev–Trinajstić information content (AvgIpc) is 2.43. The van der Waals surface area contributed by atoms with Gasteiger partial charge in [0.1, 0.15) is 0 Å². The quantitative estimate of drug-likeness (QED) is 0.645. The van der Waals surface area contributed by atoms with E-state index in [4.69, 9.17) is 9.47 Å². The van der Waals surface area contributed by atoms with Crippen LogP contribution in [0.4, 0.5) is 0 Å². The molecule has 1 aliphatic heterocycles. The van der Waals surface area contributed by atoms with Crippen LogP contribution in [-0.4, -0.2) is 0 Å². The molecule has 1 aliphatic rings. The molecule has 2 heteroatoms. The first-order valence-electron chi connectivity index (χ1n) is 6.41. The molecule has 0 aliphatic carbocycles. The summed E-state index contributed by atoms with van der Waals surface area (Å²) in [6, 6.07) is 12.2. The van der Waals surface area contributed by atoms with E-state index in [9.17, 15) is 0 Å². The normalized spacial score (nSPS) is 12.1. The molecule has 0 bridgehead atoms. The summed E-state index contributed by atoms with van der Waals surface area (Å²) in [6.45, 7) is 4.26. The first kappa shape index (κ1) is 11.1. The minimum atomic E-state index is 0.799. The molecular formula is C16H16O2. The Morgan fingerprint density at radius 2 is 1.11 bits per heavy atom. The van der Waals surface area contributed by atoms with E-state index in [1.54, 1.807) is 0 Å². The highest BCUT2D eigenvalue weighted by atomic mass is 16.6. The third-order valence-electron chi connectivity index (χ3n) is 3.27. The number of ether oxygens (including phenoxy) is 2. The van der Waals surface area contributed by atoms with Crippen LogP contribution in [0.1, 0.15) is 25.0 Å². The topological polar surface area (TPSA) is 18.5 Å². The molecule has 0 saturated heterocycles. The van der Waals surface area contributed by atoms with E-state index >= 15 is 0 Å². The van der Waals surface area contributed by atoms with Crippen LogP contribution in [0.5, 0.6) is 23.0 Å². The Bertz CT molecular complexity index is 534. The van der Waals surface area contributed by atoms with Gasteiger partial charge in [0.25, 0.3) is 0 Å². The number of hydrogen-bond donors (Lipinski definition) is 0. The van der Waals surface area contributed by atoms with Crippen molar-refractivity contribution in [3.8, 4) is 23.0 Å². The molecule has 0 atom stereocenters. The lowest BCUT2D eigenvalue weighted by Gasteiger charge is -2.21.